The molecule has 0 spiro atoms. The molecule has 0 radical (unpaired) electrons. The van der Waals surface area contributed by atoms with Crippen LogP contribution in [0.5, 0.6) is 0 Å². The van der Waals surface area contributed by atoms with Crippen molar-refractivity contribution in [1.82, 2.24) is 0 Å². The second kappa shape index (κ2) is 9.62. The number of amides is 1. The number of hydrogen-bond acceptors (Lipinski definition) is 4. The zero-order chi connectivity index (χ0) is 24.5. The number of thiophene rings is 1. The number of rotatable bonds is 4. The minimum atomic E-state index is -1.26. The Balaban J connectivity index is 2.15. The van der Waals surface area contributed by atoms with E-state index in [2.05, 4.69) is 11.8 Å². The summed E-state index contributed by atoms with van der Waals surface area (Å²) in [6.45, 7) is 7.16. The van der Waals surface area contributed by atoms with Crippen molar-refractivity contribution < 1.29 is 28.6 Å². The number of carboxylic acids is 1. The van der Waals surface area contributed by atoms with E-state index >= 15 is 0 Å². The molecule has 2 aromatic rings. The van der Waals surface area contributed by atoms with Gasteiger partial charge in [0.2, 0.25) is 0 Å². The molecule has 0 saturated heterocycles. The number of aromatic carboxylic acids is 1. The summed E-state index contributed by atoms with van der Waals surface area (Å²) in [6, 6.07) is 3.59. The molecule has 0 aliphatic heterocycles. The van der Waals surface area contributed by atoms with Gasteiger partial charge in [0.1, 0.15) is 4.88 Å². The van der Waals surface area contributed by atoms with E-state index in [9.17, 15) is 28.6 Å². The molecular formula is C25H27F2NO4S. The molecule has 176 valence electrons. The van der Waals surface area contributed by atoms with E-state index in [1.165, 1.54) is 30.0 Å². The predicted molar refractivity (Wildman–Crippen MR) is 124 cm³/mol. The van der Waals surface area contributed by atoms with E-state index in [0.717, 1.165) is 11.3 Å². The summed E-state index contributed by atoms with van der Waals surface area (Å²) in [5.41, 5.74) is -0.602. The first-order valence-electron chi connectivity index (χ1n) is 10.8. The highest BCUT2D eigenvalue weighted by Crippen LogP contribution is 2.37. The summed E-state index contributed by atoms with van der Waals surface area (Å²) in [7, 11) is 0. The fourth-order valence-corrected chi connectivity index (χ4v) is 4.60. The van der Waals surface area contributed by atoms with Crippen LogP contribution < -0.4 is 4.90 Å². The third kappa shape index (κ3) is 5.60. The number of halogens is 2. The van der Waals surface area contributed by atoms with E-state index in [0.29, 0.717) is 30.6 Å². The zero-order valence-corrected chi connectivity index (χ0v) is 19.9. The zero-order valence-electron chi connectivity index (χ0n) is 19.0. The van der Waals surface area contributed by atoms with Gasteiger partial charge >= 0.3 is 5.97 Å². The van der Waals surface area contributed by atoms with Crippen LogP contribution in [0.25, 0.3) is 0 Å². The van der Waals surface area contributed by atoms with Crippen LogP contribution in [-0.4, -0.2) is 34.2 Å². The van der Waals surface area contributed by atoms with Gasteiger partial charge in [0, 0.05) is 11.5 Å². The van der Waals surface area contributed by atoms with Crippen molar-refractivity contribution in [3.8, 4) is 11.8 Å². The highest BCUT2D eigenvalue weighted by molar-refractivity contribution is 7.15. The lowest BCUT2D eigenvalue weighted by Gasteiger charge is -2.35. The molecule has 1 amide bonds. The normalized spacial score (nSPS) is 18.4. The Bertz CT molecular complexity index is 1130. The second-order valence-corrected chi connectivity index (χ2v) is 10.4. The molecule has 0 unspecified atom stereocenters. The lowest BCUT2D eigenvalue weighted by molar-refractivity contribution is 0.0702. The summed E-state index contributed by atoms with van der Waals surface area (Å²) in [6.07, 6.45) is 1.13. The van der Waals surface area contributed by atoms with Crippen molar-refractivity contribution in [2.75, 3.05) is 4.90 Å². The molecule has 2 N–H and O–H groups in total. The number of anilines is 1. The number of carboxylic acid groups (broad SMARTS) is 1. The van der Waals surface area contributed by atoms with E-state index in [4.69, 9.17) is 0 Å². The molecular weight excluding hydrogens is 448 g/mol. The van der Waals surface area contributed by atoms with Crippen LogP contribution in [0.4, 0.5) is 14.5 Å². The maximum absolute atomic E-state index is 14.7. The third-order valence-corrected chi connectivity index (χ3v) is 6.51. The number of carbonyl (C=O) groups is 2. The molecule has 3 rings (SSSR count). The summed E-state index contributed by atoms with van der Waals surface area (Å²) < 4.78 is 29.0. The largest absolute Gasteiger partial charge is 0.477 e. The quantitative estimate of drug-likeness (QED) is 0.582. The molecule has 1 aliphatic carbocycles. The highest BCUT2D eigenvalue weighted by atomic mass is 32.1. The molecule has 1 fully saturated rings. The van der Waals surface area contributed by atoms with Crippen molar-refractivity contribution in [3.63, 3.8) is 0 Å². The van der Waals surface area contributed by atoms with Crippen LogP contribution in [0.2, 0.25) is 0 Å². The fraction of sp³-hybridized carbons (Fsp3) is 0.440. The van der Waals surface area contributed by atoms with Crippen LogP contribution in [0.1, 0.15) is 76.9 Å². The van der Waals surface area contributed by atoms with Crippen molar-refractivity contribution in [3.05, 3.63) is 50.7 Å². The smallest absolute Gasteiger partial charge is 0.348 e. The lowest BCUT2D eigenvalue weighted by atomic mass is 9.91. The molecule has 0 bridgehead atoms. The Morgan fingerprint density at radius 2 is 1.76 bits per heavy atom. The van der Waals surface area contributed by atoms with E-state index in [1.807, 2.05) is 20.8 Å². The van der Waals surface area contributed by atoms with Crippen LogP contribution in [0, 0.1) is 35.8 Å². The van der Waals surface area contributed by atoms with Gasteiger partial charge in [-0.15, -0.1) is 11.3 Å². The van der Waals surface area contributed by atoms with Gasteiger partial charge in [-0.3, -0.25) is 4.79 Å². The monoisotopic (exact) mass is 475 g/mol. The maximum Gasteiger partial charge on any atom is 0.348 e. The van der Waals surface area contributed by atoms with Gasteiger partial charge in [0.15, 0.2) is 11.6 Å². The van der Waals surface area contributed by atoms with Crippen molar-refractivity contribution >= 4 is 28.9 Å². The first-order chi connectivity index (χ1) is 15.4. The number of hydrogen-bond donors (Lipinski definition) is 2. The first kappa shape index (κ1) is 24.9. The standard InChI is InChI=1S/C25H27F2NO4S/c1-14-5-10-18(21(27)20(14)26)23(30)28(15-6-8-16(29)9-7-15)19-13-17(11-12-25(2,3)4)33-22(19)24(31)32/h5,10,13,15-16,29H,6-9H2,1-4H3,(H,31,32). The molecule has 0 atom stereocenters. The number of aliphatic hydroxyl groups excluding tert-OH is 1. The number of nitrogens with zero attached hydrogens (tertiary/aromatic N) is 1. The van der Waals surface area contributed by atoms with Gasteiger partial charge in [0.25, 0.3) is 5.91 Å². The number of aryl methyl sites for hydroxylation is 1. The average molecular weight is 476 g/mol. The van der Waals surface area contributed by atoms with Gasteiger partial charge in [-0.2, -0.15) is 0 Å². The summed E-state index contributed by atoms with van der Waals surface area (Å²) in [5, 5.41) is 19.7. The van der Waals surface area contributed by atoms with Gasteiger partial charge in [-0.05, 0) is 71.1 Å². The average Bonchev–Trinajstić information content (AvgIpc) is 3.16. The number of benzene rings is 1. The Morgan fingerprint density at radius 1 is 1.12 bits per heavy atom. The van der Waals surface area contributed by atoms with Gasteiger partial charge < -0.3 is 15.1 Å². The molecule has 1 aromatic carbocycles. The molecule has 1 aromatic heterocycles. The molecule has 5 nitrogen and oxygen atoms in total. The summed E-state index contributed by atoms with van der Waals surface area (Å²) >= 11 is 0.939. The molecule has 1 aliphatic rings. The van der Waals surface area contributed by atoms with Gasteiger partial charge in [-0.25, -0.2) is 13.6 Å². The summed E-state index contributed by atoms with van der Waals surface area (Å²) in [5.74, 6) is 1.59. The molecule has 1 heterocycles. The van der Waals surface area contributed by atoms with Gasteiger partial charge in [-0.1, -0.05) is 17.9 Å². The third-order valence-electron chi connectivity index (χ3n) is 5.48. The van der Waals surface area contributed by atoms with E-state index in [-0.39, 0.29) is 21.5 Å². The van der Waals surface area contributed by atoms with Crippen molar-refractivity contribution in [2.45, 2.75) is 65.5 Å². The minimum Gasteiger partial charge on any atom is -0.477 e. The van der Waals surface area contributed by atoms with Crippen LogP contribution in [-0.2, 0) is 0 Å². The fourth-order valence-electron chi connectivity index (χ4n) is 3.75. The Kier molecular flexibility index (Phi) is 7.25. The van der Waals surface area contributed by atoms with Crippen LogP contribution >= 0.6 is 11.3 Å². The Morgan fingerprint density at radius 3 is 2.33 bits per heavy atom. The predicted octanol–water partition coefficient (Wildman–Crippen LogP) is 5.38. The van der Waals surface area contributed by atoms with Crippen LogP contribution in [0.15, 0.2) is 18.2 Å². The first-order valence-corrected chi connectivity index (χ1v) is 11.6. The number of aliphatic hydroxyl groups is 1. The Labute approximate surface area is 196 Å². The summed E-state index contributed by atoms with van der Waals surface area (Å²) in [4.78, 5) is 27.2. The topological polar surface area (TPSA) is 77.8 Å². The lowest BCUT2D eigenvalue weighted by Crippen LogP contribution is -2.44. The second-order valence-electron chi connectivity index (χ2n) is 9.33. The maximum atomic E-state index is 14.7. The molecule has 33 heavy (non-hydrogen) atoms. The SMILES string of the molecule is Cc1ccc(C(=O)N(c2cc(C#CC(C)(C)C)sc2C(=O)O)C2CCC(O)CC2)c(F)c1F. The number of carbonyl (C=O) groups excluding carboxylic acids is 1. The van der Waals surface area contributed by atoms with E-state index in [1.54, 1.807) is 0 Å². The van der Waals surface area contributed by atoms with E-state index < -0.39 is 41.2 Å². The molecule has 8 heteroatoms. The van der Waals surface area contributed by atoms with Crippen molar-refractivity contribution in [2.24, 2.45) is 5.41 Å². The van der Waals surface area contributed by atoms with Crippen molar-refractivity contribution in [1.29, 1.82) is 0 Å². The van der Waals surface area contributed by atoms with Gasteiger partial charge in [0.05, 0.1) is 22.2 Å². The molecule has 1 saturated carbocycles. The minimum absolute atomic E-state index is 0.0675. The Hall–Kier alpha value is -2.76. The highest BCUT2D eigenvalue weighted by Gasteiger charge is 2.35. The van der Waals surface area contributed by atoms with Crippen LogP contribution in [0.3, 0.4) is 0 Å².